The molecule has 1 aliphatic heterocycles. The molecule has 1 aliphatic rings. The summed E-state index contributed by atoms with van der Waals surface area (Å²) in [6, 6.07) is 6.68. The largest absolute Gasteiger partial charge is 0.380 e. The van der Waals surface area contributed by atoms with Crippen molar-refractivity contribution in [3.05, 3.63) is 71.2 Å². The monoisotopic (exact) mass is 355 g/mol. The van der Waals surface area contributed by atoms with E-state index in [1.807, 2.05) is 13.0 Å². The van der Waals surface area contributed by atoms with Crippen molar-refractivity contribution in [2.75, 3.05) is 11.9 Å². The van der Waals surface area contributed by atoms with E-state index >= 15 is 0 Å². The zero-order valence-electron chi connectivity index (χ0n) is 13.8. The lowest BCUT2D eigenvalue weighted by atomic mass is 10.1. The van der Waals surface area contributed by atoms with Crippen LogP contribution in [0.25, 0.3) is 5.52 Å². The first kappa shape index (κ1) is 16.3. The molecule has 26 heavy (non-hydrogen) atoms. The molecule has 2 aromatic heterocycles. The lowest BCUT2D eigenvalue weighted by molar-refractivity contribution is 0.208. The maximum absolute atomic E-state index is 13.7. The summed E-state index contributed by atoms with van der Waals surface area (Å²) in [4.78, 5) is 8.65. The molecule has 0 aliphatic carbocycles. The van der Waals surface area contributed by atoms with Crippen LogP contribution in [-0.4, -0.2) is 32.1 Å². The molecule has 0 radical (unpaired) electrons. The van der Waals surface area contributed by atoms with Gasteiger partial charge in [0.05, 0.1) is 12.7 Å². The van der Waals surface area contributed by atoms with E-state index in [-0.39, 0.29) is 5.82 Å². The van der Waals surface area contributed by atoms with Crippen LogP contribution in [0.1, 0.15) is 24.4 Å². The summed E-state index contributed by atoms with van der Waals surface area (Å²) >= 11 is 0. The molecule has 0 amide bonds. The molecule has 2 N–H and O–H groups in total. The van der Waals surface area contributed by atoms with E-state index in [9.17, 15) is 13.9 Å². The average molecular weight is 355 g/mol. The van der Waals surface area contributed by atoms with E-state index in [1.54, 1.807) is 0 Å². The zero-order chi connectivity index (χ0) is 18.3. The predicted octanol–water partition coefficient (Wildman–Crippen LogP) is 2.86. The standard InChI is InChI=1S/C18H15F2N5O/c1-10-6-15(21-8-10)22-17-14-7-13(20)9-25(14)24-18(23-17)16(26)11-2-4-12(19)5-3-11/h2-7,9,16,26H,8H2,1H3,(H,21,22,23,24). The summed E-state index contributed by atoms with van der Waals surface area (Å²) in [5.41, 5.74) is 1.93. The Bertz CT molecular complexity index is 1040. The molecular weight excluding hydrogens is 340 g/mol. The van der Waals surface area contributed by atoms with Gasteiger partial charge in [-0.1, -0.05) is 12.1 Å². The number of aliphatic hydroxyl groups is 1. The Morgan fingerprint density at radius 2 is 1.96 bits per heavy atom. The van der Waals surface area contributed by atoms with E-state index in [0.717, 1.165) is 5.57 Å². The van der Waals surface area contributed by atoms with Gasteiger partial charge in [0.1, 0.15) is 29.1 Å². The zero-order valence-corrected chi connectivity index (χ0v) is 13.8. The number of amidine groups is 1. The lowest BCUT2D eigenvalue weighted by Gasteiger charge is -2.13. The highest BCUT2D eigenvalue weighted by molar-refractivity contribution is 6.06. The van der Waals surface area contributed by atoms with E-state index in [2.05, 4.69) is 20.4 Å². The van der Waals surface area contributed by atoms with Crippen molar-refractivity contribution in [2.45, 2.75) is 13.0 Å². The number of rotatable bonds is 3. The van der Waals surface area contributed by atoms with E-state index in [0.29, 0.717) is 29.3 Å². The van der Waals surface area contributed by atoms with Crippen LogP contribution in [0, 0.1) is 11.6 Å². The second-order valence-corrected chi connectivity index (χ2v) is 6.08. The molecule has 0 fully saturated rings. The highest BCUT2D eigenvalue weighted by Crippen LogP contribution is 2.24. The number of hydrogen-bond donors (Lipinski definition) is 2. The maximum Gasteiger partial charge on any atom is 0.184 e. The van der Waals surface area contributed by atoms with Gasteiger partial charge in [-0.05, 0) is 36.3 Å². The van der Waals surface area contributed by atoms with E-state index in [1.165, 1.54) is 41.0 Å². The smallest absolute Gasteiger partial charge is 0.184 e. The first-order valence-corrected chi connectivity index (χ1v) is 7.97. The van der Waals surface area contributed by atoms with Crippen molar-refractivity contribution >= 4 is 17.2 Å². The van der Waals surface area contributed by atoms with Crippen molar-refractivity contribution in [1.29, 1.82) is 0 Å². The molecular formula is C18H15F2N5O. The van der Waals surface area contributed by atoms with Crippen LogP contribution in [0.5, 0.6) is 0 Å². The van der Waals surface area contributed by atoms with Gasteiger partial charge in [0.2, 0.25) is 0 Å². The van der Waals surface area contributed by atoms with Gasteiger partial charge in [-0.2, -0.15) is 0 Å². The van der Waals surface area contributed by atoms with Crippen LogP contribution in [0.15, 0.2) is 53.2 Å². The molecule has 3 heterocycles. The van der Waals surface area contributed by atoms with Crippen LogP contribution < -0.4 is 5.32 Å². The number of aliphatic imine (C=N–C) groups is 1. The van der Waals surface area contributed by atoms with Gasteiger partial charge < -0.3 is 10.4 Å². The minimum Gasteiger partial charge on any atom is -0.380 e. The number of aliphatic hydroxyl groups excluding tert-OH is 1. The molecule has 1 atom stereocenters. The number of nitrogens with one attached hydrogen (secondary N) is 1. The highest BCUT2D eigenvalue weighted by atomic mass is 19.1. The molecule has 132 valence electrons. The van der Waals surface area contributed by atoms with Crippen molar-refractivity contribution < 1.29 is 13.9 Å². The Balaban J connectivity index is 1.76. The fourth-order valence-electron chi connectivity index (χ4n) is 2.72. The number of benzene rings is 1. The molecule has 6 nitrogen and oxygen atoms in total. The summed E-state index contributed by atoms with van der Waals surface area (Å²) in [6.07, 6.45) is 1.88. The summed E-state index contributed by atoms with van der Waals surface area (Å²) < 4.78 is 28.1. The normalized spacial score (nSPS) is 15.1. The van der Waals surface area contributed by atoms with Crippen LogP contribution >= 0.6 is 0 Å². The topological polar surface area (TPSA) is 74.8 Å². The second-order valence-electron chi connectivity index (χ2n) is 6.08. The third-order valence-corrected chi connectivity index (χ3v) is 4.00. The number of nitrogens with zero attached hydrogens (tertiary/aromatic N) is 4. The summed E-state index contributed by atoms with van der Waals surface area (Å²) in [6.45, 7) is 2.54. The minimum absolute atomic E-state index is 0.0570. The Morgan fingerprint density at radius 3 is 2.65 bits per heavy atom. The molecule has 0 spiro atoms. The fraction of sp³-hybridized carbons (Fsp3) is 0.167. The van der Waals surface area contributed by atoms with Gasteiger partial charge in [0, 0.05) is 6.07 Å². The van der Waals surface area contributed by atoms with Crippen molar-refractivity contribution in [3.63, 3.8) is 0 Å². The molecule has 0 bridgehead atoms. The fourth-order valence-corrected chi connectivity index (χ4v) is 2.72. The van der Waals surface area contributed by atoms with Gasteiger partial charge in [-0.15, -0.1) is 5.10 Å². The SMILES string of the molecule is CC1=CC(Nc2nc(C(O)c3ccc(F)cc3)nn3cc(F)cc23)=NC1. The summed E-state index contributed by atoms with van der Waals surface area (Å²) in [5.74, 6) is 0.0996. The third-order valence-electron chi connectivity index (χ3n) is 4.00. The number of halogens is 2. The molecule has 0 saturated carbocycles. The Kier molecular flexibility index (Phi) is 3.96. The molecule has 3 aromatic rings. The molecule has 1 aromatic carbocycles. The van der Waals surface area contributed by atoms with E-state index in [4.69, 9.17) is 0 Å². The molecule has 1 unspecified atom stereocenters. The Morgan fingerprint density at radius 1 is 1.19 bits per heavy atom. The van der Waals surface area contributed by atoms with Crippen molar-refractivity contribution in [1.82, 2.24) is 14.6 Å². The van der Waals surface area contributed by atoms with Crippen LogP contribution in [0.3, 0.4) is 0 Å². The van der Waals surface area contributed by atoms with E-state index < -0.39 is 17.7 Å². The Labute approximate surface area is 147 Å². The maximum atomic E-state index is 13.7. The summed E-state index contributed by atoms with van der Waals surface area (Å²) in [5, 5.41) is 17.8. The van der Waals surface area contributed by atoms with Crippen LogP contribution in [0.2, 0.25) is 0 Å². The third kappa shape index (κ3) is 3.06. The number of aromatic nitrogens is 3. The molecule has 8 heteroatoms. The average Bonchev–Trinajstić information content (AvgIpc) is 3.19. The second kappa shape index (κ2) is 6.30. The van der Waals surface area contributed by atoms with Gasteiger partial charge in [-0.25, -0.2) is 18.3 Å². The van der Waals surface area contributed by atoms with Crippen molar-refractivity contribution in [2.24, 2.45) is 4.99 Å². The number of hydrogen-bond acceptors (Lipinski definition) is 5. The van der Waals surface area contributed by atoms with Crippen LogP contribution in [-0.2, 0) is 0 Å². The number of fused-ring (bicyclic) bond motifs is 1. The van der Waals surface area contributed by atoms with Crippen molar-refractivity contribution in [3.8, 4) is 0 Å². The van der Waals surface area contributed by atoms with Gasteiger partial charge >= 0.3 is 0 Å². The van der Waals surface area contributed by atoms with Gasteiger partial charge in [0.15, 0.2) is 11.6 Å². The Hall–Kier alpha value is -3.13. The lowest BCUT2D eigenvalue weighted by Crippen LogP contribution is -2.15. The summed E-state index contributed by atoms with van der Waals surface area (Å²) in [7, 11) is 0. The van der Waals surface area contributed by atoms with Gasteiger partial charge in [-0.3, -0.25) is 4.99 Å². The highest BCUT2D eigenvalue weighted by Gasteiger charge is 2.19. The first-order valence-electron chi connectivity index (χ1n) is 7.97. The molecule has 4 rings (SSSR count). The first-order chi connectivity index (χ1) is 12.5. The van der Waals surface area contributed by atoms with Crippen LogP contribution in [0.4, 0.5) is 14.6 Å². The molecule has 0 saturated heterocycles. The van der Waals surface area contributed by atoms with Gasteiger partial charge in [0.25, 0.3) is 0 Å². The predicted molar refractivity (Wildman–Crippen MR) is 93.1 cm³/mol. The minimum atomic E-state index is -1.19. The number of anilines is 1. The quantitative estimate of drug-likeness (QED) is 0.758.